The predicted octanol–water partition coefficient (Wildman–Crippen LogP) is 6.07. The quantitative estimate of drug-likeness (QED) is 0.265. The molecular formula is C29H27N7OS. The second-order valence-corrected chi connectivity index (χ2v) is 11.0. The zero-order valence-electron chi connectivity index (χ0n) is 21.1. The van der Waals surface area contributed by atoms with Gasteiger partial charge >= 0.3 is 0 Å². The van der Waals surface area contributed by atoms with Crippen molar-refractivity contribution in [3.8, 4) is 38.7 Å². The molecule has 0 aromatic carbocycles. The molecule has 2 N–H and O–H groups in total. The largest absolute Gasteiger partial charge is 0.491 e. The monoisotopic (exact) mass is 521 g/mol. The highest BCUT2D eigenvalue weighted by atomic mass is 32.1. The molecule has 1 aliphatic rings. The Kier molecular flexibility index (Phi) is 5.87. The fraction of sp³-hybridized carbons (Fsp3) is 0.241. The first-order chi connectivity index (χ1) is 18.7. The van der Waals surface area contributed by atoms with Crippen molar-refractivity contribution in [2.24, 2.45) is 0 Å². The van der Waals surface area contributed by atoms with Gasteiger partial charge in [0.05, 0.1) is 11.9 Å². The topological polar surface area (TPSA) is 95.6 Å². The Hall–Kier alpha value is -4.08. The van der Waals surface area contributed by atoms with Crippen molar-refractivity contribution >= 4 is 33.4 Å². The minimum atomic E-state index is 0.662. The normalized spacial score (nSPS) is 14.1. The molecule has 0 atom stereocenters. The van der Waals surface area contributed by atoms with Crippen LogP contribution < -0.4 is 4.74 Å². The summed E-state index contributed by atoms with van der Waals surface area (Å²) in [5.41, 5.74) is 6.37. The number of nitrogens with one attached hydrogen (secondary N) is 2. The number of aromatic nitrogens is 6. The van der Waals surface area contributed by atoms with E-state index >= 15 is 0 Å². The number of rotatable bonds is 7. The van der Waals surface area contributed by atoms with Gasteiger partial charge in [-0.25, -0.2) is 9.97 Å². The van der Waals surface area contributed by atoms with Crippen molar-refractivity contribution in [1.29, 1.82) is 0 Å². The molecule has 9 heteroatoms. The van der Waals surface area contributed by atoms with Crippen molar-refractivity contribution < 1.29 is 4.74 Å². The molecule has 7 heterocycles. The van der Waals surface area contributed by atoms with Gasteiger partial charge < -0.3 is 9.72 Å². The van der Waals surface area contributed by atoms with E-state index in [1.54, 1.807) is 17.5 Å². The van der Waals surface area contributed by atoms with E-state index in [4.69, 9.17) is 4.74 Å². The molecule has 0 bridgehead atoms. The summed E-state index contributed by atoms with van der Waals surface area (Å²) in [6.45, 7) is 6.07. The molecule has 7 rings (SSSR count). The molecule has 1 saturated heterocycles. The van der Waals surface area contributed by atoms with Crippen molar-refractivity contribution in [1.82, 2.24) is 35.0 Å². The maximum absolute atomic E-state index is 6.02. The van der Waals surface area contributed by atoms with Crippen LogP contribution in [0.3, 0.4) is 0 Å². The third kappa shape index (κ3) is 4.33. The molecule has 8 nitrogen and oxygen atoms in total. The van der Waals surface area contributed by atoms with Gasteiger partial charge in [-0.05, 0) is 69.3 Å². The molecule has 0 spiro atoms. The highest BCUT2D eigenvalue weighted by Crippen LogP contribution is 2.36. The van der Waals surface area contributed by atoms with E-state index in [0.717, 1.165) is 56.9 Å². The second kappa shape index (κ2) is 9.66. The van der Waals surface area contributed by atoms with Crippen molar-refractivity contribution in [2.45, 2.75) is 19.8 Å². The lowest BCUT2D eigenvalue weighted by Crippen LogP contribution is -2.25. The highest BCUT2D eigenvalue weighted by Gasteiger charge is 2.16. The van der Waals surface area contributed by atoms with Gasteiger partial charge in [-0.15, -0.1) is 11.3 Å². The van der Waals surface area contributed by atoms with Crippen LogP contribution in [0.25, 0.3) is 55.0 Å². The Morgan fingerprint density at radius 3 is 2.71 bits per heavy atom. The Morgan fingerprint density at radius 2 is 1.84 bits per heavy atom. The van der Waals surface area contributed by atoms with Gasteiger partial charge in [-0.1, -0.05) is 0 Å². The molecule has 1 fully saturated rings. The molecule has 0 saturated carbocycles. The summed E-state index contributed by atoms with van der Waals surface area (Å²) in [7, 11) is 0. The van der Waals surface area contributed by atoms with Gasteiger partial charge in [0.1, 0.15) is 23.7 Å². The Morgan fingerprint density at radius 1 is 0.947 bits per heavy atom. The van der Waals surface area contributed by atoms with Gasteiger partial charge in [-0.2, -0.15) is 5.10 Å². The van der Waals surface area contributed by atoms with Crippen LogP contribution >= 0.6 is 11.3 Å². The van der Waals surface area contributed by atoms with Gasteiger partial charge in [0.2, 0.25) is 0 Å². The van der Waals surface area contributed by atoms with Gasteiger partial charge in [0.15, 0.2) is 5.65 Å². The number of aryl methyl sites for hydroxylation is 1. The van der Waals surface area contributed by atoms with E-state index in [9.17, 15) is 0 Å². The fourth-order valence-electron chi connectivity index (χ4n) is 5.17. The number of ether oxygens (including phenoxy) is 1. The molecule has 190 valence electrons. The van der Waals surface area contributed by atoms with Crippen LogP contribution in [0.2, 0.25) is 0 Å². The highest BCUT2D eigenvalue weighted by molar-refractivity contribution is 7.15. The summed E-state index contributed by atoms with van der Waals surface area (Å²) in [5, 5.41) is 9.70. The lowest BCUT2D eigenvalue weighted by molar-refractivity contribution is 0.237. The van der Waals surface area contributed by atoms with E-state index < -0.39 is 0 Å². The maximum Gasteiger partial charge on any atom is 0.155 e. The molecule has 1 aliphatic heterocycles. The van der Waals surface area contributed by atoms with Crippen LogP contribution in [0, 0.1) is 6.92 Å². The second-order valence-electron chi connectivity index (χ2n) is 9.71. The van der Waals surface area contributed by atoms with E-state index in [2.05, 4.69) is 72.3 Å². The minimum Gasteiger partial charge on any atom is -0.491 e. The summed E-state index contributed by atoms with van der Waals surface area (Å²) < 4.78 is 6.02. The number of pyridine rings is 3. The minimum absolute atomic E-state index is 0.662. The van der Waals surface area contributed by atoms with Crippen molar-refractivity contribution in [3.63, 3.8) is 0 Å². The molecule has 0 amide bonds. The lowest BCUT2D eigenvalue weighted by atomic mass is 10.1. The Labute approximate surface area is 223 Å². The van der Waals surface area contributed by atoms with Crippen LogP contribution in [-0.4, -0.2) is 61.3 Å². The van der Waals surface area contributed by atoms with Gasteiger partial charge in [0.25, 0.3) is 0 Å². The van der Waals surface area contributed by atoms with E-state index in [1.807, 2.05) is 24.7 Å². The summed E-state index contributed by atoms with van der Waals surface area (Å²) in [4.78, 5) is 22.1. The molecular weight excluding hydrogens is 494 g/mol. The summed E-state index contributed by atoms with van der Waals surface area (Å²) >= 11 is 1.78. The van der Waals surface area contributed by atoms with E-state index in [1.165, 1.54) is 41.2 Å². The van der Waals surface area contributed by atoms with Gasteiger partial charge in [-0.3, -0.25) is 15.0 Å². The molecule has 6 aromatic heterocycles. The van der Waals surface area contributed by atoms with Crippen molar-refractivity contribution in [3.05, 3.63) is 66.1 Å². The average Bonchev–Trinajstić information content (AvgIpc) is 3.74. The zero-order valence-corrected chi connectivity index (χ0v) is 21.9. The Balaban J connectivity index is 1.20. The summed E-state index contributed by atoms with van der Waals surface area (Å²) in [5.74, 6) is 0.771. The molecule has 0 radical (unpaired) electrons. The first-order valence-corrected chi connectivity index (χ1v) is 13.7. The van der Waals surface area contributed by atoms with Crippen LogP contribution in [0.4, 0.5) is 0 Å². The van der Waals surface area contributed by atoms with Crippen LogP contribution in [-0.2, 0) is 0 Å². The smallest absolute Gasteiger partial charge is 0.155 e. The number of aromatic amines is 2. The fourth-order valence-corrected chi connectivity index (χ4v) is 6.08. The van der Waals surface area contributed by atoms with E-state index in [-0.39, 0.29) is 0 Å². The lowest BCUT2D eigenvalue weighted by Gasteiger charge is -2.15. The number of H-pyrrole nitrogens is 2. The van der Waals surface area contributed by atoms with Crippen LogP contribution in [0.1, 0.15) is 17.7 Å². The SMILES string of the molecule is Cc1ccc(-c2ccnc3[nH]c(-c4n[nH]c5ncc(-c6cncc(OCCN7CCCC7)c6)cc45)cc23)s1. The maximum atomic E-state index is 6.02. The summed E-state index contributed by atoms with van der Waals surface area (Å²) in [6.07, 6.45) is 9.88. The third-order valence-corrected chi connectivity index (χ3v) is 8.16. The molecule has 6 aromatic rings. The number of hydrogen-bond donors (Lipinski definition) is 2. The standard InChI is InChI=1S/C29H27N7OS/c1-18-4-5-26(38-18)22-6-7-31-28-23(22)14-25(33-28)27-24-13-20(16-32-29(24)35-34-27)19-12-21(17-30-15-19)37-11-10-36-8-2-3-9-36/h4-7,12-17H,2-3,8-11H2,1H3,(H,31,33)(H,32,34,35). The third-order valence-electron chi connectivity index (χ3n) is 7.13. The number of hydrogen-bond acceptors (Lipinski definition) is 7. The first-order valence-electron chi connectivity index (χ1n) is 12.9. The van der Waals surface area contributed by atoms with Gasteiger partial charge in [0, 0.05) is 62.4 Å². The van der Waals surface area contributed by atoms with E-state index in [0.29, 0.717) is 6.61 Å². The molecule has 0 aliphatic carbocycles. The molecule has 0 unspecified atom stereocenters. The van der Waals surface area contributed by atoms with Crippen molar-refractivity contribution in [2.75, 3.05) is 26.2 Å². The number of likely N-dealkylation sites (tertiary alicyclic amines) is 1. The molecule has 38 heavy (non-hydrogen) atoms. The Bertz CT molecular complexity index is 1740. The first kappa shape index (κ1) is 23.1. The average molecular weight is 522 g/mol. The number of fused-ring (bicyclic) bond motifs is 2. The summed E-state index contributed by atoms with van der Waals surface area (Å²) in [6, 6.07) is 12.7. The number of nitrogens with zero attached hydrogens (tertiary/aromatic N) is 5. The zero-order chi connectivity index (χ0) is 25.5. The van der Waals surface area contributed by atoms with Crippen LogP contribution in [0.5, 0.6) is 5.75 Å². The van der Waals surface area contributed by atoms with Crippen LogP contribution in [0.15, 0.2) is 61.2 Å². The number of thiophene rings is 1. The predicted molar refractivity (Wildman–Crippen MR) is 151 cm³/mol.